The zero-order valence-electron chi connectivity index (χ0n) is 11.8. The Morgan fingerprint density at radius 3 is 2.50 bits per heavy atom. The van der Waals surface area contributed by atoms with Gasteiger partial charge in [0.2, 0.25) is 5.91 Å². The molecule has 112 valence electrons. The standard InChI is InChI=1S/C17H15ClN2O2/c18-15-9-5-4-8-14(15)17(22)19-12-10-16(21)20(11-12)13-6-2-1-3-7-13/h1-9,12H,10-11H2,(H,19,22)/t12-/m1/s1. The Hall–Kier alpha value is -2.33. The van der Waals surface area contributed by atoms with Gasteiger partial charge in [-0.1, -0.05) is 41.9 Å². The topological polar surface area (TPSA) is 49.4 Å². The van der Waals surface area contributed by atoms with Gasteiger partial charge in [0.1, 0.15) is 0 Å². The molecule has 0 saturated carbocycles. The smallest absolute Gasteiger partial charge is 0.253 e. The van der Waals surface area contributed by atoms with E-state index >= 15 is 0 Å². The Bertz CT molecular complexity index is 703. The van der Waals surface area contributed by atoms with E-state index in [1.807, 2.05) is 30.3 Å². The second-order valence-electron chi connectivity index (χ2n) is 5.19. The molecule has 2 aromatic carbocycles. The molecular weight excluding hydrogens is 300 g/mol. The van der Waals surface area contributed by atoms with Crippen LogP contribution in [0, 0.1) is 0 Å². The van der Waals surface area contributed by atoms with Gasteiger partial charge in [-0.05, 0) is 24.3 Å². The number of nitrogens with one attached hydrogen (secondary N) is 1. The SMILES string of the molecule is O=C(N[C@@H]1CC(=O)N(c2ccccc2)C1)c1ccccc1Cl. The molecule has 1 saturated heterocycles. The van der Waals surface area contributed by atoms with Gasteiger partial charge in [-0.15, -0.1) is 0 Å². The summed E-state index contributed by atoms with van der Waals surface area (Å²) in [4.78, 5) is 26.1. The summed E-state index contributed by atoms with van der Waals surface area (Å²) in [5.74, 6) is -0.242. The van der Waals surface area contributed by atoms with Crippen molar-refractivity contribution < 1.29 is 9.59 Å². The maximum absolute atomic E-state index is 12.2. The van der Waals surface area contributed by atoms with Crippen molar-refractivity contribution >= 4 is 29.1 Å². The molecule has 0 bridgehead atoms. The van der Waals surface area contributed by atoms with Crippen molar-refractivity contribution in [3.8, 4) is 0 Å². The minimum atomic E-state index is -0.252. The van der Waals surface area contributed by atoms with Crippen LogP contribution in [-0.4, -0.2) is 24.4 Å². The Labute approximate surface area is 133 Å². The highest BCUT2D eigenvalue weighted by Gasteiger charge is 2.31. The van der Waals surface area contributed by atoms with Gasteiger partial charge < -0.3 is 10.2 Å². The molecule has 22 heavy (non-hydrogen) atoms. The fraction of sp³-hybridized carbons (Fsp3) is 0.176. The highest BCUT2D eigenvalue weighted by molar-refractivity contribution is 6.33. The molecule has 2 amide bonds. The van der Waals surface area contributed by atoms with Crippen molar-refractivity contribution in [3.63, 3.8) is 0 Å². The van der Waals surface area contributed by atoms with E-state index in [2.05, 4.69) is 5.32 Å². The number of para-hydroxylation sites is 1. The fourth-order valence-corrected chi connectivity index (χ4v) is 2.79. The van der Waals surface area contributed by atoms with Gasteiger partial charge >= 0.3 is 0 Å². The van der Waals surface area contributed by atoms with E-state index in [0.717, 1.165) is 5.69 Å². The molecule has 1 atom stereocenters. The predicted octanol–water partition coefficient (Wildman–Crippen LogP) is 2.88. The van der Waals surface area contributed by atoms with Crippen LogP contribution in [-0.2, 0) is 4.79 Å². The van der Waals surface area contributed by atoms with Crippen LogP contribution in [0.15, 0.2) is 54.6 Å². The normalized spacial score (nSPS) is 17.6. The molecule has 0 spiro atoms. The van der Waals surface area contributed by atoms with E-state index in [0.29, 0.717) is 23.6 Å². The molecule has 4 nitrogen and oxygen atoms in total. The third-order valence-electron chi connectivity index (χ3n) is 3.65. The molecule has 0 radical (unpaired) electrons. The highest BCUT2D eigenvalue weighted by Crippen LogP contribution is 2.22. The molecule has 1 heterocycles. The zero-order valence-corrected chi connectivity index (χ0v) is 12.6. The monoisotopic (exact) mass is 314 g/mol. The molecule has 1 N–H and O–H groups in total. The number of halogens is 1. The summed E-state index contributed by atoms with van der Waals surface area (Å²) in [5.41, 5.74) is 1.27. The maximum Gasteiger partial charge on any atom is 0.253 e. The number of hydrogen-bond acceptors (Lipinski definition) is 2. The lowest BCUT2D eigenvalue weighted by molar-refractivity contribution is -0.117. The average molecular weight is 315 g/mol. The summed E-state index contributed by atoms with van der Waals surface area (Å²) in [6.07, 6.45) is 0.297. The molecule has 0 aromatic heterocycles. The summed E-state index contributed by atoms with van der Waals surface area (Å²) in [6.45, 7) is 0.471. The van der Waals surface area contributed by atoms with Gasteiger partial charge in [0.05, 0.1) is 16.6 Å². The Balaban J connectivity index is 1.69. The minimum Gasteiger partial charge on any atom is -0.347 e. The molecule has 5 heteroatoms. The Morgan fingerprint density at radius 1 is 1.09 bits per heavy atom. The van der Waals surface area contributed by atoms with Crippen LogP contribution in [0.1, 0.15) is 16.8 Å². The molecule has 1 aliphatic heterocycles. The summed E-state index contributed by atoms with van der Waals surface area (Å²) in [7, 11) is 0. The first-order chi connectivity index (χ1) is 10.6. The number of rotatable bonds is 3. The van der Waals surface area contributed by atoms with Gasteiger partial charge in [-0.3, -0.25) is 9.59 Å². The molecule has 0 unspecified atom stereocenters. The van der Waals surface area contributed by atoms with Crippen LogP contribution in [0.3, 0.4) is 0 Å². The van der Waals surface area contributed by atoms with Crippen LogP contribution >= 0.6 is 11.6 Å². The predicted molar refractivity (Wildman–Crippen MR) is 86.1 cm³/mol. The van der Waals surface area contributed by atoms with E-state index < -0.39 is 0 Å². The molecular formula is C17H15ClN2O2. The van der Waals surface area contributed by atoms with Crippen LogP contribution in [0.25, 0.3) is 0 Å². The lowest BCUT2D eigenvalue weighted by Gasteiger charge is -2.17. The number of carbonyl (C=O) groups is 2. The Kier molecular flexibility index (Phi) is 4.11. The molecule has 1 fully saturated rings. The quantitative estimate of drug-likeness (QED) is 0.947. The van der Waals surface area contributed by atoms with Gasteiger partial charge in [0.15, 0.2) is 0 Å². The number of carbonyl (C=O) groups excluding carboxylic acids is 2. The largest absolute Gasteiger partial charge is 0.347 e. The first kappa shape index (κ1) is 14.6. The van der Waals surface area contributed by atoms with Crippen molar-refractivity contribution in [1.82, 2.24) is 5.32 Å². The van der Waals surface area contributed by atoms with E-state index in [1.54, 1.807) is 29.2 Å². The van der Waals surface area contributed by atoms with Crippen molar-refractivity contribution in [2.45, 2.75) is 12.5 Å². The lowest BCUT2D eigenvalue weighted by atomic mass is 10.2. The van der Waals surface area contributed by atoms with Gasteiger partial charge in [0.25, 0.3) is 5.91 Å². The second kappa shape index (κ2) is 6.20. The number of nitrogens with zero attached hydrogens (tertiary/aromatic N) is 1. The minimum absolute atomic E-state index is 0.00987. The average Bonchev–Trinajstić information content (AvgIpc) is 2.89. The van der Waals surface area contributed by atoms with Crippen molar-refractivity contribution in [1.29, 1.82) is 0 Å². The lowest BCUT2D eigenvalue weighted by Crippen LogP contribution is -2.37. The van der Waals surface area contributed by atoms with Gasteiger partial charge in [-0.25, -0.2) is 0 Å². The van der Waals surface area contributed by atoms with Crippen LogP contribution in [0.4, 0.5) is 5.69 Å². The number of hydrogen-bond donors (Lipinski definition) is 1. The molecule has 2 aromatic rings. The second-order valence-corrected chi connectivity index (χ2v) is 5.60. The van der Waals surface area contributed by atoms with Crippen LogP contribution < -0.4 is 10.2 Å². The van der Waals surface area contributed by atoms with Crippen molar-refractivity contribution in [2.24, 2.45) is 0 Å². The summed E-state index contributed by atoms with van der Waals surface area (Å²) in [6, 6.07) is 16.1. The first-order valence-electron chi connectivity index (χ1n) is 7.06. The summed E-state index contributed by atoms with van der Waals surface area (Å²) < 4.78 is 0. The highest BCUT2D eigenvalue weighted by atomic mass is 35.5. The third-order valence-corrected chi connectivity index (χ3v) is 3.98. The van der Waals surface area contributed by atoms with E-state index in [-0.39, 0.29) is 17.9 Å². The van der Waals surface area contributed by atoms with E-state index in [1.165, 1.54) is 0 Å². The third kappa shape index (κ3) is 2.97. The molecule has 3 rings (SSSR count). The summed E-state index contributed by atoms with van der Waals surface area (Å²) >= 11 is 6.02. The van der Waals surface area contributed by atoms with Gasteiger partial charge in [-0.2, -0.15) is 0 Å². The van der Waals surface area contributed by atoms with Crippen LogP contribution in [0.5, 0.6) is 0 Å². The number of anilines is 1. The van der Waals surface area contributed by atoms with Crippen LogP contribution in [0.2, 0.25) is 5.02 Å². The Morgan fingerprint density at radius 2 is 1.77 bits per heavy atom. The van der Waals surface area contributed by atoms with E-state index in [4.69, 9.17) is 11.6 Å². The number of benzene rings is 2. The zero-order chi connectivity index (χ0) is 15.5. The number of amides is 2. The van der Waals surface area contributed by atoms with E-state index in [9.17, 15) is 9.59 Å². The van der Waals surface area contributed by atoms with Gasteiger partial charge in [0, 0.05) is 18.7 Å². The molecule has 0 aliphatic carbocycles. The molecule has 1 aliphatic rings. The van der Waals surface area contributed by atoms with Crippen molar-refractivity contribution in [2.75, 3.05) is 11.4 Å². The fourth-order valence-electron chi connectivity index (χ4n) is 2.57. The van der Waals surface area contributed by atoms with Crippen molar-refractivity contribution in [3.05, 3.63) is 65.2 Å². The maximum atomic E-state index is 12.2. The summed E-state index contributed by atoms with van der Waals surface area (Å²) in [5, 5.41) is 3.29. The first-order valence-corrected chi connectivity index (χ1v) is 7.44.